The van der Waals surface area contributed by atoms with Gasteiger partial charge in [-0.1, -0.05) is 96.8 Å². The Morgan fingerprint density at radius 1 is 0.654 bits per heavy atom. The average molecular weight is 725 g/mol. The third kappa shape index (κ3) is 11.2. The highest BCUT2D eigenvalue weighted by molar-refractivity contribution is 5.91. The first-order valence-electron chi connectivity index (χ1n) is 18.4. The Morgan fingerprint density at radius 3 is 1.77 bits per heavy atom. The molecular formula is C40H52O12. The maximum atomic E-state index is 13.1. The highest BCUT2D eigenvalue weighted by atomic mass is 16.6. The van der Waals surface area contributed by atoms with Crippen molar-refractivity contribution < 1.29 is 59.5 Å². The number of benzene rings is 3. The summed E-state index contributed by atoms with van der Waals surface area (Å²) in [5.41, 5.74) is 0.00315. The minimum Gasteiger partial charge on any atom is -0.508 e. The van der Waals surface area contributed by atoms with Crippen LogP contribution in [-0.4, -0.2) is 53.8 Å². The molecule has 1 aliphatic heterocycles. The van der Waals surface area contributed by atoms with Crippen LogP contribution in [0.3, 0.4) is 0 Å². The van der Waals surface area contributed by atoms with Gasteiger partial charge in [0.05, 0.1) is 5.56 Å². The lowest BCUT2D eigenvalue weighted by molar-refractivity contribution is -0.134. The van der Waals surface area contributed by atoms with Gasteiger partial charge < -0.3 is 50.0 Å². The van der Waals surface area contributed by atoms with E-state index >= 15 is 0 Å². The SMILES string of the molecule is CCCCCCCCCCCCCCCCCC(=O)Oc1cc([C@H]2Oc3cc(O)cc(O)c3C[C@H]2OC(=O)c2cc(O)c(O)c(O)c2)cc(O)c1O. The summed E-state index contributed by atoms with van der Waals surface area (Å²) in [6.07, 6.45) is 15.3. The molecular weight excluding hydrogens is 672 g/mol. The van der Waals surface area contributed by atoms with Crippen LogP contribution in [0.2, 0.25) is 0 Å². The van der Waals surface area contributed by atoms with Crippen LogP contribution in [0.5, 0.6) is 51.7 Å². The summed E-state index contributed by atoms with van der Waals surface area (Å²) in [6.45, 7) is 2.24. The van der Waals surface area contributed by atoms with Gasteiger partial charge in [-0.3, -0.25) is 4.79 Å². The molecule has 12 nitrogen and oxygen atoms in total. The summed E-state index contributed by atoms with van der Waals surface area (Å²) in [4.78, 5) is 25.9. The predicted octanol–water partition coefficient (Wildman–Crippen LogP) is 8.69. The molecule has 3 aromatic rings. The van der Waals surface area contributed by atoms with Gasteiger partial charge in [0.2, 0.25) is 5.75 Å². The maximum Gasteiger partial charge on any atom is 0.338 e. The highest BCUT2D eigenvalue weighted by Crippen LogP contribution is 2.46. The molecule has 1 heterocycles. The van der Waals surface area contributed by atoms with Gasteiger partial charge in [0, 0.05) is 36.1 Å². The summed E-state index contributed by atoms with van der Waals surface area (Å²) < 4.78 is 17.1. The largest absolute Gasteiger partial charge is 0.508 e. The third-order valence-electron chi connectivity index (χ3n) is 9.34. The number of hydrogen-bond acceptors (Lipinski definition) is 12. The molecule has 3 aromatic carbocycles. The number of fused-ring (bicyclic) bond motifs is 1. The molecule has 52 heavy (non-hydrogen) atoms. The molecule has 0 aromatic heterocycles. The van der Waals surface area contributed by atoms with Crippen molar-refractivity contribution in [3.05, 3.63) is 53.1 Å². The number of ether oxygens (including phenoxy) is 3. The van der Waals surface area contributed by atoms with Crippen molar-refractivity contribution in [2.75, 3.05) is 0 Å². The number of phenolic OH excluding ortho intramolecular Hbond substituents is 7. The zero-order valence-corrected chi connectivity index (χ0v) is 29.8. The molecule has 0 spiro atoms. The second-order valence-corrected chi connectivity index (χ2v) is 13.6. The van der Waals surface area contributed by atoms with Crippen LogP contribution in [0.4, 0.5) is 0 Å². The van der Waals surface area contributed by atoms with Crippen LogP contribution in [0.15, 0.2) is 36.4 Å². The van der Waals surface area contributed by atoms with Crippen molar-refractivity contribution >= 4 is 11.9 Å². The second kappa shape index (κ2) is 19.6. The quantitative estimate of drug-likeness (QED) is 0.0253. The summed E-state index contributed by atoms with van der Waals surface area (Å²) in [7, 11) is 0. The van der Waals surface area contributed by atoms with Gasteiger partial charge in [-0.25, -0.2) is 4.79 Å². The van der Waals surface area contributed by atoms with Crippen molar-refractivity contribution in [1.82, 2.24) is 0 Å². The van der Waals surface area contributed by atoms with Crippen molar-refractivity contribution in [2.45, 2.75) is 128 Å². The van der Waals surface area contributed by atoms with Gasteiger partial charge in [-0.2, -0.15) is 0 Å². The van der Waals surface area contributed by atoms with Crippen molar-refractivity contribution in [1.29, 1.82) is 0 Å². The molecule has 0 bridgehead atoms. The first-order chi connectivity index (χ1) is 25.0. The number of unbranched alkanes of at least 4 members (excludes halogenated alkanes) is 14. The Kier molecular flexibility index (Phi) is 15.0. The van der Waals surface area contributed by atoms with E-state index in [1.54, 1.807) is 0 Å². The first-order valence-corrected chi connectivity index (χ1v) is 18.4. The van der Waals surface area contributed by atoms with Gasteiger partial charge in [-0.15, -0.1) is 0 Å². The highest BCUT2D eigenvalue weighted by Gasteiger charge is 2.37. The Balaban J connectivity index is 1.33. The Bertz CT molecular complexity index is 1630. The zero-order chi connectivity index (χ0) is 37.6. The van der Waals surface area contributed by atoms with Crippen molar-refractivity contribution in [3.63, 3.8) is 0 Å². The Hall–Kier alpha value is -5.00. The summed E-state index contributed by atoms with van der Waals surface area (Å²) >= 11 is 0. The van der Waals surface area contributed by atoms with E-state index in [1.165, 1.54) is 82.8 Å². The third-order valence-corrected chi connectivity index (χ3v) is 9.34. The molecule has 0 saturated heterocycles. The number of carbonyl (C=O) groups excluding carboxylic acids is 2. The molecule has 4 rings (SSSR count). The zero-order valence-electron chi connectivity index (χ0n) is 29.8. The second-order valence-electron chi connectivity index (χ2n) is 13.6. The lowest BCUT2D eigenvalue weighted by atomic mass is 9.93. The number of esters is 2. The number of carbonyl (C=O) groups is 2. The Morgan fingerprint density at radius 2 is 1.19 bits per heavy atom. The number of phenols is 7. The first kappa shape index (κ1) is 39.8. The predicted molar refractivity (Wildman–Crippen MR) is 192 cm³/mol. The molecule has 0 fully saturated rings. The minimum atomic E-state index is -1.23. The summed E-state index contributed by atoms with van der Waals surface area (Å²) in [5, 5.41) is 71.2. The van der Waals surface area contributed by atoms with E-state index in [4.69, 9.17) is 14.2 Å². The van der Waals surface area contributed by atoms with Crippen LogP contribution in [0.1, 0.15) is 137 Å². The number of aromatic hydroxyl groups is 7. The lowest BCUT2D eigenvalue weighted by Gasteiger charge is -2.34. The van der Waals surface area contributed by atoms with Crippen molar-refractivity contribution in [3.8, 4) is 51.7 Å². The monoisotopic (exact) mass is 724 g/mol. The molecule has 0 saturated carbocycles. The maximum absolute atomic E-state index is 13.1. The van der Waals surface area contributed by atoms with E-state index < -0.39 is 52.9 Å². The van der Waals surface area contributed by atoms with Gasteiger partial charge in [0.25, 0.3) is 0 Å². The smallest absolute Gasteiger partial charge is 0.338 e. The van der Waals surface area contributed by atoms with Gasteiger partial charge >= 0.3 is 11.9 Å². The van der Waals surface area contributed by atoms with E-state index in [2.05, 4.69) is 6.92 Å². The van der Waals surface area contributed by atoms with E-state index in [0.717, 1.165) is 43.5 Å². The lowest BCUT2D eigenvalue weighted by Crippen LogP contribution is -2.34. The Labute approximate surface area is 304 Å². The number of hydrogen-bond donors (Lipinski definition) is 7. The molecule has 1 aliphatic rings. The molecule has 284 valence electrons. The fourth-order valence-corrected chi connectivity index (χ4v) is 6.43. The van der Waals surface area contributed by atoms with Crippen LogP contribution in [-0.2, 0) is 16.0 Å². The molecule has 0 radical (unpaired) electrons. The van der Waals surface area contributed by atoms with Crippen LogP contribution in [0, 0.1) is 0 Å². The summed E-state index contributed by atoms with van der Waals surface area (Å²) in [6, 6.07) is 6.51. The fourth-order valence-electron chi connectivity index (χ4n) is 6.43. The van der Waals surface area contributed by atoms with Gasteiger partial charge in [-0.05, 0) is 30.7 Å². The van der Waals surface area contributed by atoms with Crippen LogP contribution < -0.4 is 9.47 Å². The van der Waals surface area contributed by atoms with E-state index in [1.807, 2.05) is 0 Å². The van der Waals surface area contributed by atoms with E-state index in [9.17, 15) is 45.3 Å². The van der Waals surface area contributed by atoms with E-state index in [-0.39, 0.29) is 52.5 Å². The normalized spacial score (nSPS) is 15.1. The summed E-state index contributed by atoms with van der Waals surface area (Å²) in [5.74, 6) is -6.24. The van der Waals surface area contributed by atoms with E-state index in [0.29, 0.717) is 6.42 Å². The number of rotatable bonds is 20. The molecule has 0 amide bonds. The van der Waals surface area contributed by atoms with Crippen molar-refractivity contribution in [2.24, 2.45) is 0 Å². The molecule has 7 N–H and O–H groups in total. The standard InChI is InChI=1S/C40H52O12/c1-2-3-4-5-6-7-8-9-10-11-12-13-14-15-16-17-36(46)50-34-21-25(18-32(45)38(34)48)39-35(24-28-29(42)22-27(41)23-33(28)51-39)52-40(49)26-19-30(43)37(47)31(44)20-26/h18-23,35,39,41-45,47-48H,2-17,24H2,1H3/t35-,39-/m1/s1. The van der Waals surface area contributed by atoms with Gasteiger partial charge in [0.15, 0.2) is 34.9 Å². The minimum absolute atomic E-state index is 0.0500. The van der Waals surface area contributed by atoms with Crippen LogP contribution in [0.25, 0.3) is 0 Å². The van der Waals surface area contributed by atoms with Crippen LogP contribution >= 0.6 is 0 Å². The average Bonchev–Trinajstić information content (AvgIpc) is 3.10. The molecule has 2 atom stereocenters. The fraction of sp³-hybridized carbons (Fsp3) is 0.500. The van der Waals surface area contributed by atoms with Gasteiger partial charge in [0.1, 0.15) is 23.4 Å². The molecule has 12 heteroatoms. The molecule has 0 aliphatic carbocycles. The topological polar surface area (TPSA) is 203 Å². The molecule has 0 unspecified atom stereocenters.